The molecule has 0 spiro atoms. The van der Waals surface area contributed by atoms with Crippen LogP contribution in [0.25, 0.3) is 0 Å². The highest BCUT2D eigenvalue weighted by atomic mass is 127. The molecule has 152 valence electrons. The Labute approximate surface area is 197 Å². The number of benzene rings is 4. The second-order valence-electron chi connectivity index (χ2n) is 7.56. The highest BCUT2D eigenvalue weighted by Gasteiger charge is 2.45. The lowest BCUT2D eigenvalue weighted by molar-refractivity contribution is -0.00000671. The average Bonchev–Trinajstić information content (AvgIpc) is 2.77. The highest BCUT2D eigenvalue weighted by Crippen LogP contribution is 2.59. The van der Waals surface area contributed by atoms with Gasteiger partial charge in [-0.15, -0.1) is 0 Å². The van der Waals surface area contributed by atoms with Crippen molar-refractivity contribution in [1.29, 1.82) is 0 Å². The maximum absolute atomic E-state index is 10.9. The molecule has 0 saturated heterocycles. The lowest BCUT2D eigenvalue weighted by Gasteiger charge is -2.28. The molecule has 0 aliphatic heterocycles. The van der Waals surface area contributed by atoms with Gasteiger partial charge < -0.3 is 29.1 Å². The molecule has 3 heteroatoms. The summed E-state index contributed by atoms with van der Waals surface area (Å²) in [6.45, 7) is 4.09. The van der Waals surface area contributed by atoms with Gasteiger partial charge in [0.2, 0.25) is 0 Å². The van der Waals surface area contributed by atoms with Crippen LogP contribution in [0.4, 0.5) is 0 Å². The van der Waals surface area contributed by atoms with Gasteiger partial charge in [-0.3, -0.25) is 0 Å². The smallest absolute Gasteiger partial charge is 0.125 e. The van der Waals surface area contributed by atoms with E-state index in [1.807, 2.05) is 13.0 Å². The van der Waals surface area contributed by atoms with Crippen LogP contribution in [0.2, 0.25) is 0 Å². The zero-order chi connectivity index (χ0) is 20.3. The van der Waals surface area contributed by atoms with Gasteiger partial charge in [-0.1, -0.05) is 66.2 Å². The van der Waals surface area contributed by atoms with Crippen molar-refractivity contribution in [3.63, 3.8) is 0 Å². The monoisotopic (exact) mass is 524 g/mol. The van der Waals surface area contributed by atoms with E-state index in [1.165, 1.54) is 21.5 Å². The third kappa shape index (κ3) is 4.31. The van der Waals surface area contributed by atoms with Gasteiger partial charge in [0, 0.05) is 5.56 Å². The van der Waals surface area contributed by atoms with E-state index in [4.69, 9.17) is 0 Å². The molecule has 1 N–H and O–H groups in total. The van der Waals surface area contributed by atoms with E-state index in [1.54, 1.807) is 0 Å². The first-order valence-corrected chi connectivity index (χ1v) is 11.9. The fourth-order valence-corrected chi connectivity index (χ4v) is 8.43. The van der Waals surface area contributed by atoms with E-state index < -0.39 is 7.26 Å². The van der Waals surface area contributed by atoms with Crippen molar-refractivity contribution in [2.45, 2.75) is 20.0 Å². The van der Waals surface area contributed by atoms with Crippen LogP contribution >= 0.6 is 7.26 Å². The normalized spacial score (nSPS) is 11.0. The number of phenolic OH excluding ortho intramolecular Hbond substituents is 1. The molecule has 0 aliphatic carbocycles. The minimum atomic E-state index is -2.00. The molecule has 4 aromatic carbocycles. The predicted molar refractivity (Wildman–Crippen MR) is 126 cm³/mol. The molecule has 0 aliphatic rings. The van der Waals surface area contributed by atoms with Gasteiger partial charge in [0.1, 0.15) is 35.1 Å². The van der Waals surface area contributed by atoms with Gasteiger partial charge in [0.05, 0.1) is 0 Å². The van der Waals surface area contributed by atoms with Gasteiger partial charge in [-0.05, 0) is 61.9 Å². The molecule has 0 fully saturated rings. The minimum absolute atomic E-state index is 0. The summed E-state index contributed by atoms with van der Waals surface area (Å²) < 4.78 is 0. The van der Waals surface area contributed by atoms with Crippen LogP contribution in [0.15, 0.2) is 103 Å². The molecule has 0 heterocycles. The van der Waals surface area contributed by atoms with Crippen LogP contribution in [0, 0.1) is 13.8 Å². The van der Waals surface area contributed by atoms with E-state index in [0.717, 1.165) is 17.3 Å². The summed E-state index contributed by atoms with van der Waals surface area (Å²) in [5.41, 5.74) is 3.14. The van der Waals surface area contributed by atoms with Gasteiger partial charge in [0.15, 0.2) is 0 Å². The quantitative estimate of drug-likeness (QED) is 0.315. The van der Waals surface area contributed by atoms with E-state index in [9.17, 15) is 5.11 Å². The fourth-order valence-electron chi connectivity index (χ4n) is 4.19. The average molecular weight is 524 g/mol. The molecule has 0 radical (unpaired) electrons. The van der Waals surface area contributed by atoms with Crippen molar-refractivity contribution in [1.82, 2.24) is 0 Å². The summed E-state index contributed by atoms with van der Waals surface area (Å²) in [7, 11) is -2.00. The second kappa shape index (κ2) is 9.76. The van der Waals surface area contributed by atoms with E-state index in [-0.39, 0.29) is 24.0 Å². The molecule has 0 aromatic heterocycles. The SMILES string of the molecule is Cc1cc(C)c(O)c(C[P+](c2ccccc2)(c2ccccc2)c2ccccc2)c1.[I-]. The first-order chi connectivity index (χ1) is 14.1. The standard InChI is InChI=1S/C27H25OP.HI/c1-21-18-22(2)27(28)23(19-21)20-29(24-12-6-3-7-13-24,25-14-8-4-9-15-25)26-16-10-5-11-17-26;/h3-19H,20H2,1-2H3;1H. The van der Waals surface area contributed by atoms with E-state index in [0.29, 0.717) is 5.75 Å². The Kier molecular flexibility index (Phi) is 7.33. The van der Waals surface area contributed by atoms with Crippen molar-refractivity contribution in [3.05, 3.63) is 120 Å². The lowest BCUT2D eigenvalue weighted by atomic mass is 10.1. The maximum Gasteiger partial charge on any atom is 0.125 e. The fraction of sp³-hybridized carbons (Fsp3) is 0.111. The van der Waals surface area contributed by atoms with Crippen LogP contribution in [0.1, 0.15) is 16.7 Å². The van der Waals surface area contributed by atoms with E-state index >= 15 is 0 Å². The number of halogens is 1. The first kappa shape index (κ1) is 22.5. The zero-order valence-electron chi connectivity index (χ0n) is 17.3. The molecule has 0 saturated carbocycles. The Morgan fingerprint density at radius 2 is 1.03 bits per heavy atom. The molecule has 4 rings (SSSR count). The first-order valence-electron chi connectivity index (χ1n) is 9.95. The maximum atomic E-state index is 10.9. The summed E-state index contributed by atoms with van der Waals surface area (Å²) >= 11 is 0. The van der Waals surface area contributed by atoms with Crippen molar-refractivity contribution in [2.75, 3.05) is 0 Å². The van der Waals surface area contributed by atoms with Gasteiger partial charge >= 0.3 is 0 Å². The molecular weight excluding hydrogens is 498 g/mol. The van der Waals surface area contributed by atoms with Crippen LogP contribution in [-0.2, 0) is 6.16 Å². The van der Waals surface area contributed by atoms with Gasteiger partial charge in [0.25, 0.3) is 0 Å². The van der Waals surface area contributed by atoms with Crippen molar-refractivity contribution < 1.29 is 29.1 Å². The predicted octanol–water partition coefficient (Wildman–Crippen LogP) is 2.51. The van der Waals surface area contributed by atoms with Crippen molar-refractivity contribution in [2.24, 2.45) is 0 Å². The van der Waals surface area contributed by atoms with Crippen LogP contribution in [0.5, 0.6) is 5.75 Å². The number of aromatic hydroxyl groups is 1. The number of rotatable bonds is 5. The summed E-state index contributed by atoms with van der Waals surface area (Å²) in [6.07, 6.45) is 0.791. The molecule has 1 nitrogen and oxygen atoms in total. The Balaban J connectivity index is 0.00000256. The number of hydrogen-bond donors (Lipinski definition) is 1. The van der Waals surface area contributed by atoms with Crippen LogP contribution < -0.4 is 39.9 Å². The largest absolute Gasteiger partial charge is 1.00 e. The molecule has 0 bridgehead atoms. The Bertz CT molecular complexity index is 999. The summed E-state index contributed by atoms with van der Waals surface area (Å²) in [5.74, 6) is 0.419. The van der Waals surface area contributed by atoms with Gasteiger partial charge in [-0.25, -0.2) is 0 Å². The van der Waals surface area contributed by atoms with Crippen molar-refractivity contribution >= 4 is 23.2 Å². The summed E-state index contributed by atoms with van der Waals surface area (Å²) in [5, 5.41) is 14.9. The Morgan fingerprint density at radius 3 is 1.43 bits per heavy atom. The highest BCUT2D eigenvalue weighted by molar-refractivity contribution is 7.95. The summed E-state index contributed by atoms with van der Waals surface area (Å²) in [6, 6.07) is 36.6. The number of hydrogen-bond acceptors (Lipinski definition) is 1. The number of aryl methyl sites for hydroxylation is 2. The Morgan fingerprint density at radius 1 is 0.633 bits per heavy atom. The van der Waals surface area contributed by atoms with Crippen molar-refractivity contribution in [3.8, 4) is 5.75 Å². The third-order valence-electron chi connectivity index (χ3n) is 5.52. The topological polar surface area (TPSA) is 20.2 Å². The molecule has 30 heavy (non-hydrogen) atoms. The Hall–Kier alpha value is -2.16. The molecule has 0 amide bonds. The minimum Gasteiger partial charge on any atom is -1.00 e. The number of phenols is 1. The van der Waals surface area contributed by atoms with E-state index in [2.05, 4.69) is 104 Å². The zero-order valence-corrected chi connectivity index (χ0v) is 20.3. The molecule has 4 aromatic rings. The van der Waals surface area contributed by atoms with Crippen LogP contribution in [0.3, 0.4) is 0 Å². The molecule has 0 unspecified atom stereocenters. The second-order valence-corrected chi connectivity index (χ2v) is 11.0. The molecular formula is C27H26IOP. The third-order valence-corrected chi connectivity index (χ3v) is 9.88. The summed E-state index contributed by atoms with van der Waals surface area (Å²) in [4.78, 5) is 0. The molecule has 0 atom stereocenters. The van der Waals surface area contributed by atoms with Gasteiger partial charge in [-0.2, -0.15) is 0 Å². The van der Waals surface area contributed by atoms with Crippen LogP contribution in [-0.4, -0.2) is 5.11 Å². The lowest BCUT2D eigenvalue weighted by Crippen LogP contribution is -3.00.